The quantitative estimate of drug-likeness (QED) is 0.638. The fourth-order valence-corrected chi connectivity index (χ4v) is 3.86. The molecule has 0 unspecified atom stereocenters. The summed E-state index contributed by atoms with van der Waals surface area (Å²) in [7, 11) is 0. The summed E-state index contributed by atoms with van der Waals surface area (Å²) in [5.41, 5.74) is 0.464. The fourth-order valence-electron chi connectivity index (χ4n) is 2.75. The van der Waals surface area contributed by atoms with Crippen molar-refractivity contribution in [2.75, 3.05) is 18.5 Å². The summed E-state index contributed by atoms with van der Waals surface area (Å²) in [5.74, 6) is -1.99. The van der Waals surface area contributed by atoms with Gasteiger partial charge in [-0.05, 0) is 45.7 Å². The second-order valence-electron chi connectivity index (χ2n) is 6.41. The third-order valence-corrected chi connectivity index (χ3v) is 5.57. The molecule has 0 radical (unpaired) electrons. The molecular formula is C20H22N4O6S. The Morgan fingerprint density at radius 1 is 1.10 bits per heavy atom. The molecule has 0 aliphatic carbocycles. The number of hydrogen-bond acceptors (Lipinski definition) is 9. The number of aromatic nitrogens is 2. The van der Waals surface area contributed by atoms with Crippen molar-refractivity contribution in [1.82, 2.24) is 9.78 Å². The molecule has 1 N–H and O–H groups in total. The SMILES string of the molecule is CCOC(=O)c1sc(NC(=O)Cn2nc(C)c(C)c(C#N)c2=O)c(C(=O)OCC)c1C. The molecule has 0 spiro atoms. The predicted octanol–water partition coefficient (Wildman–Crippen LogP) is 2.09. The number of anilines is 1. The number of nitrogens with zero attached hydrogens (tertiary/aromatic N) is 3. The summed E-state index contributed by atoms with van der Waals surface area (Å²) in [6.45, 7) is 7.83. The topological polar surface area (TPSA) is 140 Å². The van der Waals surface area contributed by atoms with E-state index >= 15 is 0 Å². The van der Waals surface area contributed by atoms with Gasteiger partial charge in [0, 0.05) is 0 Å². The Balaban J connectivity index is 2.41. The van der Waals surface area contributed by atoms with Crippen LogP contribution in [-0.4, -0.2) is 40.8 Å². The van der Waals surface area contributed by atoms with E-state index in [1.54, 1.807) is 34.6 Å². The molecule has 164 valence electrons. The summed E-state index contributed by atoms with van der Waals surface area (Å²) >= 11 is 0.877. The molecule has 0 bridgehead atoms. The average Bonchev–Trinajstić information content (AvgIpc) is 3.02. The predicted molar refractivity (Wildman–Crippen MR) is 112 cm³/mol. The maximum atomic E-state index is 12.6. The highest BCUT2D eigenvalue weighted by Crippen LogP contribution is 2.34. The molecule has 0 saturated heterocycles. The van der Waals surface area contributed by atoms with E-state index in [0.717, 1.165) is 16.0 Å². The molecule has 0 aliphatic heterocycles. The average molecular weight is 446 g/mol. The number of thiophene rings is 1. The third-order valence-electron chi connectivity index (χ3n) is 4.38. The van der Waals surface area contributed by atoms with Crippen LogP contribution in [0.15, 0.2) is 4.79 Å². The summed E-state index contributed by atoms with van der Waals surface area (Å²) in [6.07, 6.45) is 0. The van der Waals surface area contributed by atoms with E-state index in [1.165, 1.54) is 0 Å². The van der Waals surface area contributed by atoms with Crippen molar-refractivity contribution in [3.05, 3.63) is 43.2 Å². The molecule has 0 aromatic carbocycles. The standard InChI is InChI=1S/C20H22N4O6S/c1-6-29-19(27)15-11(4)16(20(28)30-7-2)31-17(15)22-14(25)9-24-18(26)13(8-21)10(3)12(5)23-24/h6-7,9H2,1-5H3,(H,22,25). The largest absolute Gasteiger partial charge is 0.462 e. The van der Waals surface area contributed by atoms with E-state index in [4.69, 9.17) is 9.47 Å². The van der Waals surface area contributed by atoms with Crippen molar-refractivity contribution in [1.29, 1.82) is 5.26 Å². The maximum absolute atomic E-state index is 12.6. The zero-order valence-corrected chi connectivity index (χ0v) is 18.6. The Kier molecular flexibility index (Phi) is 7.66. The van der Waals surface area contributed by atoms with E-state index in [0.29, 0.717) is 16.8 Å². The Labute approximate surface area is 182 Å². The molecule has 31 heavy (non-hydrogen) atoms. The first kappa shape index (κ1) is 23.8. The monoisotopic (exact) mass is 446 g/mol. The highest BCUT2D eigenvalue weighted by molar-refractivity contribution is 7.18. The first-order valence-electron chi connectivity index (χ1n) is 9.42. The van der Waals surface area contributed by atoms with Gasteiger partial charge >= 0.3 is 11.9 Å². The minimum atomic E-state index is -0.699. The molecule has 2 aromatic heterocycles. The molecule has 0 fully saturated rings. The number of carbonyl (C=O) groups excluding carboxylic acids is 3. The number of aryl methyl sites for hydroxylation is 1. The van der Waals surface area contributed by atoms with Crippen molar-refractivity contribution in [3.8, 4) is 6.07 Å². The summed E-state index contributed by atoms with van der Waals surface area (Å²) in [4.78, 5) is 49.8. The van der Waals surface area contributed by atoms with Gasteiger partial charge in [0.05, 0.1) is 24.5 Å². The van der Waals surface area contributed by atoms with Gasteiger partial charge in [0.1, 0.15) is 28.1 Å². The molecule has 10 nitrogen and oxygen atoms in total. The van der Waals surface area contributed by atoms with Crippen LogP contribution in [0.2, 0.25) is 0 Å². The molecule has 2 rings (SSSR count). The Morgan fingerprint density at radius 3 is 2.29 bits per heavy atom. The van der Waals surface area contributed by atoms with Gasteiger partial charge in [-0.15, -0.1) is 11.3 Å². The molecule has 1 amide bonds. The van der Waals surface area contributed by atoms with Crippen molar-refractivity contribution >= 4 is 34.2 Å². The normalized spacial score (nSPS) is 10.3. The Hall–Kier alpha value is -3.52. The smallest absolute Gasteiger partial charge is 0.348 e. The van der Waals surface area contributed by atoms with E-state index in [1.807, 2.05) is 6.07 Å². The van der Waals surface area contributed by atoms with E-state index in [2.05, 4.69) is 10.4 Å². The zero-order chi connectivity index (χ0) is 23.3. The van der Waals surface area contributed by atoms with E-state index in [9.17, 15) is 24.4 Å². The van der Waals surface area contributed by atoms with Crippen LogP contribution in [-0.2, 0) is 20.8 Å². The summed E-state index contributed by atoms with van der Waals surface area (Å²) in [6, 6.07) is 1.83. The van der Waals surface area contributed by atoms with Gasteiger partial charge in [-0.1, -0.05) is 0 Å². The number of esters is 2. The van der Waals surface area contributed by atoms with Crippen LogP contribution in [0, 0.1) is 32.1 Å². The lowest BCUT2D eigenvalue weighted by Gasteiger charge is -2.10. The van der Waals surface area contributed by atoms with Crippen LogP contribution < -0.4 is 10.9 Å². The van der Waals surface area contributed by atoms with E-state index < -0.39 is 29.9 Å². The molecule has 0 aliphatic rings. The number of rotatable bonds is 7. The Bertz CT molecular complexity index is 1140. The minimum absolute atomic E-state index is 0.0429. The van der Waals surface area contributed by atoms with Crippen molar-refractivity contribution in [2.45, 2.75) is 41.2 Å². The van der Waals surface area contributed by atoms with Gasteiger partial charge in [-0.3, -0.25) is 9.59 Å². The Morgan fingerprint density at radius 2 is 1.71 bits per heavy atom. The second-order valence-corrected chi connectivity index (χ2v) is 7.43. The van der Waals surface area contributed by atoms with Crippen LogP contribution in [0.25, 0.3) is 0 Å². The van der Waals surface area contributed by atoms with Crippen LogP contribution in [0.4, 0.5) is 5.00 Å². The van der Waals surface area contributed by atoms with Crippen LogP contribution in [0.3, 0.4) is 0 Å². The van der Waals surface area contributed by atoms with Crippen LogP contribution in [0.1, 0.15) is 56.3 Å². The van der Waals surface area contributed by atoms with Crippen LogP contribution >= 0.6 is 11.3 Å². The molecule has 0 saturated carbocycles. The molecule has 2 aromatic rings. The number of amides is 1. The number of hydrogen-bond donors (Lipinski definition) is 1. The van der Waals surface area contributed by atoms with Gasteiger partial charge in [-0.25, -0.2) is 14.3 Å². The van der Waals surface area contributed by atoms with Crippen molar-refractivity contribution in [2.24, 2.45) is 0 Å². The molecule has 2 heterocycles. The first-order chi connectivity index (χ1) is 14.7. The highest BCUT2D eigenvalue weighted by Gasteiger charge is 2.27. The van der Waals surface area contributed by atoms with Gasteiger partial charge in [-0.2, -0.15) is 10.4 Å². The van der Waals surface area contributed by atoms with Gasteiger partial charge < -0.3 is 14.8 Å². The highest BCUT2D eigenvalue weighted by atomic mass is 32.1. The molecule has 0 atom stereocenters. The van der Waals surface area contributed by atoms with Crippen molar-refractivity contribution < 1.29 is 23.9 Å². The number of carbonyl (C=O) groups is 3. The lowest BCUT2D eigenvalue weighted by molar-refractivity contribution is -0.117. The van der Waals surface area contributed by atoms with E-state index in [-0.39, 0.29) is 34.2 Å². The van der Waals surface area contributed by atoms with Gasteiger partial charge in [0.2, 0.25) is 5.91 Å². The number of nitriles is 1. The van der Waals surface area contributed by atoms with Gasteiger partial charge in [0.25, 0.3) is 5.56 Å². The van der Waals surface area contributed by atoms with Crippen LogP contribution in [0.5, 0.6) is 0 Å². The first-order valence-corrected chi connectivity index (χ1v) is 10.2. The maximum Gasteiger partial charge on any atom is 0.348 e. The minimum Gasteiger partial charge on any atom is -0.462 e. The number of ether oxygens (including phenoxy) is 2. The third kappa shape index (κ3) is 4.97. The summed E-state index contributed by atoms with van der Waals surface area (Å²) < 4.78 is 10.9. The molecular weight excluding hydrogens is 424 g/mol. The van der Waals surface area contributed by atoms with Crippen molar-refractivity contribution in [3.63, 3.8) is 0 Å². The second kappa shape index (κ2) is 9.99. The molecule has 11 heteroatoms. The lowest BCUT2D eigenvalue weighted by atomic mass is 10.1. The fraction of sp³-hybridized carbons (Fsp3) is 0.400. The lowest BCUT2D eigenvalue weighted by Crippen LogP contribution is -2.32. The van der Waals surface area contributed by atoms with Gasteiger partial charge in [0.15, 0.2) is 0 Å². The zero-order valence-electron chi connectivity index (χ0n) is 17.8. The number of nitrogens with one attached hydrogen (secondary N) is 1. The summed E-state index contributed by atoms with van der Waals surface area (Å²) in [5, 5.41) is 15.9.